The van der Waals surface area contributed by atoms with Gasteiger partial charge in [-0.15, -0.1) is 11.3 Å². The molecule has 9 heteroatoms. The minimum Gasteiger partial charge on any atom is -0.298 e. The van der Waals surface area contributed by atoms with Crippen LogP contribution in [0.5, 0.6) is 0 Å². The predicted molar refractivity (Wildman–Crippen MR) is 142 cm³/mol. The fraction of sp³-hybridized carbons (Fsp3) is 0. The summed E-state index contributed by atoms with van der Waals surface area (Å²) < 4.78 is 27.8. The number of nitrogens with one attached hydrogen (secondary N) is 2. The van der Waals surface area contributed by atoms with Gasteiger partial charge < -0.3 is 0 Å². The first kappa shape index (κ1) is 23.0. The largest absolute Gasteiger partial charge is 0.298 e. The zero-order chi connectivity index (χ0) is 24.4. The quantitative estimate of drug-likeness (QED) is 0.262. The second kappa shape index (κ2) is 9.50. The molecule has 0 saturated carbocycles. The molecule has 0 radical (unpaired) electrons. The molecule has 6 nitrogen and oxygen atoms in total. The summed E-state index contributed by atoms with van der Waals surface area (Å²) >= 11 is 7.16. The number of hydrogen-bond donors (Lipinski definition) is 2. The minimum atomic E-state index is -3.83. The molecule has 0 atom stereocenters. The van der Waals surface area contributed by atoms with Gasteiger partial charge in [0.2, 0.25) is 0 Å². The van der Waals surface area contributed by atoms with E-state index in [-0.39, 0.29) is 10.6 Å². The van der Waals surface area contributed by atoms with E-state index in [1.807, 2.05) is 35.7 Å². The van der Waals surface area contributed by atoms with Gasteiger partial charge in [-0.1, -0.05) is 54.1 Å². The van der Waals surface area contributed by atoms with Crippen LogP contribution < -0.4 is 10.0 Å². The maximum atomic E-state index is 12.8. The lowest BCUT2D eigenvalue weighted by Crippen LogP contribution is -2.15. The third-order valence-electron chi connectivity index (χ3n) is 5.27. The molecule has 0 saturated heterocycles. The molecule has 0 aliphatic rings. The Morgan fingerprint density at radius 3 is 2.43 bits per heavy atom. The third kappa shape index (κ3) is 5.19. The van der Waals surface area contributed by atoms with Gasteiger partial charge in [-0.25, -0.2) is 13.4 Å². The van der Waals surface area contributed by atoms with Crippen LogP contribution in [-0.4, -0.2) is 19.3 Å². The van der Waals surface area contributed by atoms with Gasteiger partial charge in [0.1, 0.15) is 0 Å². The van der Waals surface area contributed by atoms with Crippen LogP contribution >= 0.6 is 22.9 Å². The van der Waals surface area contributed by atoms with E-state index >= 15 is 0 Å². The number of anilines is 2. The van der Waals surface area contributed by atoms with E-state index in [1.165, 1.54) is 41.7 Å². The summed E-state index contributed by atoms with van der Waals surface area (Å²) in [4.78, 5) is 17.4. The standard InChI is InChI=1S/C26H18ClN3O3S2/c27-21-10-12-23(13-11-21)35(32,33)30-22-7-3-6-20(15-22)25(31)29-26-28-24(16-34-26)19-9-8-17-4-1-2-5-18(17)14-19/h1-16,30H,(H,28,29,31). The first-order valence-corrected chi connectivity index (χ1v) is 13.3. The Hall–Kier alpha value is -3.72. The number of nitrogens with zero attached hydrogens (tertiary/aromatic N) is 1. The molecule has 0 aliphatic carbocycles. The highest BCUT2D eigenvalue weighted by molar-refractivity contribution is 7.92. The van der Waals surface area contributed by atoms with Crippen LogP contribution in [0, 0.1) is 0 Å². The molecule has 1 aromatic heterocycles. The molecule has 0 aliphatic heterocycles. The lowest BCUT2D eigenvalue weighted by atomic mass is 10.1. The Bertz CT molecular complexity index is 1650. The number of rotatable bonds is 6. The van der Waals surface area contributed by atoms with Gasteiger partial charge in [0.25, 0.3) is 15.9 Å². The molecule has 0 unspecified atom stereocenters. The zero-order valence-corrected chi connectivity index (χ0v) is 20.5. The van der Waals surface area contributed by atoms with Crippen molar-refractivity contribution in [1.29, 1.82) is 0 Å². The number of carbonyl (C=O) groups excluding carboxylic acids is 1. The Kier molecular flexibility index (Phi) is 6.25. The van der Waals surface area contributed by atoms with Gasteiger partial charge in [-0.2, -0.15) is 0 Å². The van der Waals surface area contributed by atoms with Crippen LogP contribution in [0.1, 0.15) is 10.4 Å². The number of hydrogen-bond acceptors (Lipinski definition) is 5. The Labute approximate surface area is 211 Å². The summed E-state index contributed by atoms with van der Waals surface area (Å²) in [5.41, 5.74) is 2.28. The SMILES string of the molecule is O=C(Nc1nc(-c2ccc3ccccc3c2)cs1)c1cccc(NS(=O)(=O)c2ccc(Cl)cc2)c1. The van der Waals surface area contributed by atoms with Crippen molar-refractivity contribution in [2.45, 2.75) is 4.90 Å². The average molecular weight is 520 g/mol. The number of halogens is 1. The van der Waals surface area contributed by atoms with Crippen molar-refractivity contribution >= 4 is 60.5 Å². The Balaban J connectivity index is 1.31. The molecule has 2 N–H and O–H groups in total. The van der Waals surface area contributed by atoms with Crippen LogP contribution in [0.2, 0.25) is 5.02 Å². The highest BCUT2D eigenvalue weighted by Gasteiger charge is 2.16. The highest BCUT2D eigenvalue weighted by Crippen LogP contribution is 2.28. The number of fused-ring (bicyclic) bond motifs is 1. The van der Waals surface area contributed by atoms with E-state index in [1.54, 1.807) is 18.2 Å². The highest BCUT2D eigenvalue weighted by atomic mass is 35.5. The van der Waals surface area contributed by atoms with E-state index in [9.17, 15) is 13.2 Å². The topological polar surface area (TPSA) is 88.2 Å². The van der Waals surface area contributed by atoms with Gasteiger partial charge in [-0.3, -0.25) is 14.8 Å². The molecule has 174 valence electrons. The lowest BCUT2D eigenvalue weighted by molar-refractivity contribution is 0.102. The maximum absolute atomic E-state index is 12.8. The lowest BCUT2D eigenvalue weighted by Gasteiger charge is -2.09. The number of carbonyl (C=O) groups is 1. The fourth-order valence-electron chi connectivity index (χ4n) is 3.53. The van der Waals surface area contributed by atoms with E-state index in [0.717, 1.165) is 22.0 Å². The van der Waals surface area contributed by atoms with Gasteiger partial charge >= 0.3 is 0 Å². The third-order valence-corrected chi connectivity index (χ3v) is 7.68. The van der Waals surface area contributed by atoms with E-state index in [4.69, 9.17) is 11.6 Å². The molecule has 0 bridgehead atoms. The van der Waals surface area contributed by atoms with Crippen molar-refractivity contribution in [3.8, 4) is 11.3 Å². The van der Waals surface area contributed by atoms with Crippen LogP contribution in [0.15, 0.2) is 101 Å². The molecule has 1 amide bonds. The minimum absolute atomic E-state index is 0.0701. The summed E-state index contributed by atoms with van der Waals surface area (Å²) in [6.45, 7) is 0. The van der Waals surface area contributed by atoms with E-state index in [2.05, 4.69) is 27.2 Å². The summed E-state index contributed by atoms with van der Waals surface area (Å²) in [6.07, 6.45) is 0. The van der Waals surface area contributed by atoms with Crippen molar-refractivity contribution in [2.75, 3.05) is 10.0 Å². The van der Waals surface area contributed by atoms with Gasteiger partial charge in [0.05, 0.1) is 10.6 Å². The molecule has 5 aromatic rings. The van der Waals surface area contributed by atoms with Gasteiger partial charge in [0, 0.05) is 27.2 Å². The average Bonchev–Trinajstić information content (AvgIpc) is 3.32. The zero-order valence-electron chi connectivity index (χ0n) is 18.1. The summed E-state index contributed by atoms with van der Waals surface area (Å²) in [5, 5.41) is 7.82. The smallest absolute Gasteiger partial charge is 0.261 e. The van der Waals surface area contributed by atoms with Crippen molar-refractivity contribution in [3.05, 3.63) is 107 Å². The Morgan fingerprint density at radius 2 is 1.63 bits per heavy atom. The molecular formula is C26H18ClN3O3S2. The molecule has 5 rings (SSSR count). The molecule has 0 fully saturated rings. The monoisotopic (exact) mass is 519 g/mol. The van der Waals surface area contributed by atoms with Crippen LogP contribution in [0.4, 0.5) is 10.8 Å². The normalized spacial score (nSPS) is 11.3. The summed E-state index contributed by atoms with van der Waals surface area (Å²) in [5.74, 6) is -0.392. The van der Waals surface area contributed by atoms with E-state index < -0.39 is 15.9 Å². The maximum Gasteiger partial charge on any atom is 0.261 e. The summed E-state index contributed by atoms with van der Waals surface area (Å²) in [7, 11) is -3.83. The molecule has 1 heterocycles. The second-order valence-corrected chi connectivity index (χ2v) is 10.7. The number of sulfonamides is 1. The van der Waals surface area contributed by atoms with E-state index in [0.29, 0.717) is 15.7 Å². The predicted octanol–water partition coefficient (Wildman–Crippen LogP) is 6.67. The van der Waals surface area contributed by atoms with Crippen molar-refractivity contribution in [2.24, 2.45) is 0 Å². The fourth-order valence-corrected chi connectivity index (χ4v) is 5.42. The number of aromatic nitrogens is 1. The summed E-state index contributed by atoms with van der Waals surface area (Å²) in [6, 6.07) is 26.3. The number of amides is 1. The molecule has 0 spiro atoms. The van der Waals surface area contributed by atoms with Crippen LogP contribution in [-0.2, 0) is 10.0 Å². The number of thiazole rings is 1. The van der Waals surface area contributed by atoms with Gasteiger partial charge in [-0.05, 0) is 59.3 Å². The molecular weight excluding hydrogens is 502 g/mol. The Morgan fingerprint density at radius 1 is 0.857 bits per heavy atom. The number of benzene rings is 4. The molecule has 4 aromatic carbocycles. The van der Waals surface area contributed by atoms with Crippen molar-refractivity contribution in [1.82, 2.24) is 4.98 Å². The van der Waals surface area contributed by atoms with Crippen molar-refractivity contribution < 1.29 is 13.2 Å². The molecule has 35 heavy (non-hydrogen) atoms. The van der Waals surface area contributed by atoms with Gasteiger partial charge in [0.15, 0.2) is 5.13 Å². The van der Waals surface area contributed by atoms with Crippen LogP contribution in [0.3, 0.4) is 0 Å². The van der Waals surface area contributed by atoms with Crippen molar-refractivity contribution in [3.63, 3.8) is 0 Å². The first-order chi connectivity index (χ1) is 16.9. The first-order valence-electron chi connectivity index (χ1n) is 10.5. The second-order valence-electron chi connectivity index (χ2n) is 7.69. The van der Waals surface area contributed by atoms with Crippen LogP contribution in [0.25, 0.3) is 22.0 Å².